The van der Waals surface area contributed by atoms with E-state index in [1.54, 1.807) is 0 Å². The molecule has 0 atom stereocenters. The average Bonchev–Trinajstić information content (AvgIpc) is 2.57. The molecule has 0 fully saturated rings. The zero-order chi connectivity index (χ0) is 11.1. The van der Waals surface area contributed by atoms with Gasteiger partial charge in [0, 0.05) is 24.2 Å². The molecular weight excluding hydrogens is 287 g/mol. The van der Waals surface area contributed by atoms with Crippen LogP contribution in [0.3, 0.4) is 0 Å². The minimum atomic E-state index is 0. The molecule has 87 valence electrons. The van der Waals surface area contributed by atoms with Crippen molar-refractivity contribution in [3.8, 4) is 0 Å². The normalized spacial score (nSPS) is 11.5. The van der Waals surface area contributed by atoms with Crippen molar-refractivity contribution in [1.29, 1.82) is 0 Å². The summed E-state index contributed by atoms with van der Waals surface area (Å²) in [6, 6.07) is 1.97. The summed E-state index contributed by atoms with van der Waals surface area (Å²) in [5.41, 5.74) is 3.17. The Kier molecular flexibility index (Phi) is 3.85. The van der Waals surface area contributed by atoms with Crippen molar-refractivity contribution in [3.05, 3.63) is 36.6 Å². The Morgan fingerprint density at radius 2 is 2.06 bits per heavy atom. The number of hydrogen-bond acceptors (Lipinski definition) is 2. The second-order valence-corrected chi connectivity index (χ2v) is 4.78. The van der Waals surface area contributed by atoms with Gasteiger partial charge in [-0.25, -0.2) is 9.50 Å². The first-order valence-corrected chi connectivity index (χ1v) is 5.15. The van der Waals surface area contributed by atoms with Crippen LogP contribution < -0.4 is 0 Å². The maximum atomic E-state index is 4.40. The Morgan fingerprint density at radius 3 is 2.62 bits per heavy atom. The largest absolute Gasteiger partial charge is 1.00 e. The third-order valence-corrected chi connectivity index (χ3v) is 2.49. The van der Waals surface area contributed by atoms with Gasteiger partial charge in [0.25, 0.3) is 0 Å². The summed E-state index contributed by atoms with van der Waals surface area (Å²) < 4.78 is 1.83. The van der Waals surface area contributed by atoms with E-state index in [9.17, 15) is 0 Å². The minimum Gasteiger partial charge on any atom is -0.338 e. The van der Waals surface area contributed by atoms with Gasteiger partial charge in [0.05, 0.1) is 0 Å². The summed E-state index contributed by atoms with van der Waals surface area (Å²) in [6.45, 7) is 10.3. The predicted molar refractivity (Wildman–Crippen MR) is 60.7 cm³/mol. The number of hydrogen-bond donors (Lipinski definition) is 0. The van der Waals surface area contributed by atoms with E-state index in [0.29, 0.717) is 6.42 Å². The predicted octanol–water partition coefficient (Wildman–Crippen LogP) is 2.40. The number of nitrogens with zero attached hydrogens (tertiary/aromatic N) is 3. The van der Waals surface area contributed by atoms with E-state index in [0.717, 1.165) is 11.3 Å². The van der Waals surface area contributed by atoms with Crippen molar-refractivity contribution >= 4 is 5.65 Å². The fraction of sp³-hybridized carbons (Fsp3) is 0.417. The van der Waals surface area contributed by atoms with Gasteiger partial charge in [-0.15, -0.1) is 6.42 Å². The maximum Gasteiger partial charge on any atom is 1.00 e. The zero-order valence-corrected chi connectivity index (χ0v) is 11.6. The summed E-state index contributed by atoms with van der Waals surface area (Å²) in [4.78, 5) is 4.39. The molecule has 0 saturated heterocycles. The van der Waals surface area contributed by atoms with Crippen LogP contribution in [0.15, 0.2) is 18.5 Å². The van der Waals surface area contributed by atoms with Gasteiger partial charge >= 0.3 is 19.5 Å². The Morgan fingerprint density at radius 1 is 1.38 bits per heavy atom. The fourth-order valence-electron chi connectivity index (χ4n) is 1.44. The summed E-state index contributed by atoms with van der Waals surface area (Å²) in [7, 11) is 0. The molecule has 2 rings (SSSR count). The second-order valence-electron chi connectivity index (χ2n) is 4.78. The van der Waals surface area contributed by atoms with E-state index in [-0.39, 0.29) is 24.9 Å². The van der Waals surface area contributed by atoms with Gasteiger partial charge in [0.15, 0.2) is 5.65 Å². The van der Waals surface area contributed by atoms with Gasteiger partial charge in [0.2, 0.25) is 0 Å². The van der Waals surface area contributed by atoms with Crippen LogP contribution in [0.2, 0.25) is 0 Å². The molecular formula is C12H16N3Ru. The van der Waals surface area contributed by atoms with Crippen molar-refractivity contribution in [1.82, 2.24) is 14.6 Å². The smallest absolute Gasteiger partial charge is 0.338 e. The van der Waals surface area contributed by atoms with Crippen LogP contribution in [-0.4, -0.2) is 14.6 Å². The SMILES string of the molecule is [CH2-]Cc1cc2ncc(C(C)(C)C)cn2n1.[Ru+]. The molecule has 16 heavy (non-hydrogen) atoms. The van der Waals surface area contributed by atoms with E-state index in [1.807, 2.05) is 23.0 Å². The summed E-state index contributed by atoms with van der Waals surface area (Å²) in [5, 5.41) is 4.40. The third-order valence-electron chi connectivity index (χ3n) is 2.49. The van der Waals surface area contributed by atoms with E-state index in [2.05, 4.69) is 37.8 Å². The molecule has 0 spiro atoms. The van der Waals surface area contributed by atoms with Crippen LogP contribution in [0.4, 0.5) is 0 Å². The first-order chi connectivity index (χ1) is 7.00. The molecule has 0 aromatic carbocycles. The standard InChI is InChI=1S/C12H16N3.Ru/c1-5-10-6-11-13-7-9(12(2,3)4)8-15(11)14-10;/h6-8H,1,5H2,2-4H3;/q-1;+1. The average molecular weight is 303 g/mol. The molecule has 0 unspecified atom stereocenters. The monoisotopic (exact) mass is 304 g/mol. The molecule has 3 nitrogen and oxygen atoms in total. The van der Waals surface area contributed by atoms with Crippen LogP contribution in [0.5, 0.6) is 0 Å². The van der Waals surface area contributed by atoms with Crippen LogP contribution in [0.1, 0.15) is 32.0 Å². The van der Waals surface area contributed by atoms with Crippen molar-refractivity contribution in [2.24, 2.45) is 0 Å². The minimum absolute atomic E-state index is 0. The van der Waals surface area contributed by atoms with Crippen LogP contribution in [0, 0.1) is 6.92 Å². The Bertz CT molecular complexity index is 482. The van der Waals surface area contributed by atoms with Crippen molar-refractivity contribution in [3.63, 3.8) is 0 Å². The quantitative estimate of drug-likeness (QED) is 0.598. The van der Waals surface area contributed by atoms with Gasteiger partial charge in [0.1, 0.15) is 0 Å². The number of rotatable bonds is 1. The third kappa shape index (κ3) is 2.49. The molecule has 2 aromatic heterocycles. The molecule has 4 heteroatoms. The maximum absolute atomic E-state index is 4.40. The van der Waals surface area contributed by atoms with Gasteiger partial charge in [-0.05, 0) is 11.0 Å². The summed E-state index contributed by atoms with van der Waals surface area (Å²) in [6.07, 6.45) is 4.67. The number of fused-ring (bicyclic) bond motifs is 1. The first kappa shape index (κ1) is 13.3. The van der Waals surface area contributed by atoms with Crippen molar-refractivity contribution in [2.45, 2.75) is 32.6 Å². The first-order valence-electron chi connectivity index (χ1n) is 5.15. The van der Waals surface area contributed by atoms with Crippen molar-refractivity contribution in [2.75, 3.05) is 0 Å². The Hall–Kier alpha value is -0.757. The molecule has 2 heterocycles. The van der Waals surface area contributed by atoms with Gasteiger partial charge < -0.3 is 6.92 Å². The van der Waals surface area contributed by atoms with Gasteiger partial charge in [-0.3, -0.25) is 0 Å². The summed E-state index contributed by atoms with van der Waals surface area (Å²) >= 11 is 0. The Balaban J connectivity index is 0.00000128. The molecule has 1 radical (unpaired) electrons. The zero-order valence-electron chi connectivity index (χ0n) is 9.84. The summed E-state index contributed by atoms with van der Waals surface area (Å²) in [5.74, 6) is 0. The van der Waals surface area contributed by atoms with E-state index < -0.39 is 0 Å². The molecule has 0 aliphatic heterocycles. The Labute approximate surface area is 109 Å². The van der Waals surface area contributed by atoms with Crippen LogP contribution in [-0.2, 0) is 31.3 Å². The van der Waals surface area contributed by atoms with Crippen LogP contribution in [0.25, 0.3) is 5.65 Å². The number of aromatic nitrogens is 3. The molecule has 0 saturated carbocycles. The molecule has 0 aliphatic carbocycles. The fourth-order valence-corrected chi connectivity index (χ4v) is 1.44. The second kappa shape index (κ2) is 4.62. The van der Waals surface area contributed by atoms with E-state index in [1.165, 1.54) is 5.56 Å². The molecule has 0 aliphatic rings. The molecule has 0 amide bonds. The topological polar surface area (TPSA) is 30.2 Å². The van der Waals surface area contributed by atoms with E-state index in [4.69, 9.17) is 0 Å². The molecule has 2 aromatic rings. The van der Waals surface area contributed by atoms with Crippen molar-refractivity contribution < 1.29 is 19.5 Å². The van der Waals surface area contributed by atoms with E-state index >= 15 is 0 Å². The van der Waals surface area contributed by atoms with Gasteiger partial charge in [-0.2, -0.15) is 5.10 Å². The van der Waals surface area contributed by atoms with Gasteiger partial charge in [-0.1, -0.05) is 20.8 Å². The molecule has 0 bridgehead atoms. The van der Waals surface area contributed by atoms with Crippen LogP contribution >= 0.6 is 0 Å². The molecule has 0 N–H and O–H groups in total.